The van der Waals surface area contributed by atoms with E-state index in [2.05, 4.69) is 31.5 Å². The van der Waals surface area contributed by atoms with E-state index >= 15 is 0 Å². The van der Waals surface area contributed by atoms with E-state index in [0.717, 1.165) is 15.7 Å². The quantitative estimate of drug-likeness (QED) is 0.738. The van der Waals surface area contributed by atoms with Crippen LogP contribution in [-0.2, 0) is 0 Å². The second kappa shape index (κ2) is 5.53. The van der Waals surface area contributed by atoms with Crippen LogP contribution in [0.3, 0.4) is 0 Å². The van der Waals surface area contributed by atoms with Gasteiger partial charge in [-0.1, -0.05) is 12.1 Å². The van der Waals surface area contributed by atoms with Gasteiger partial charge in [0, 0.05) is 17.3 Å². The molecule has 7 heteroatoms. The van der Waals surface area contributed by atoms with E-state index < -0.39 is 0 Å². The number of benzene rings is 2. The van der Waals surface area contributed by atoms with Crippen LogP contribution in [0.15, 0.2) is 46.9 Å². The summed E-state index contributed by atoms with van der Waals surface area (Å²) in [6.07, 6.45) is 0. The van der Waals surface area contributed by atoms with E-state index in [9.17, 15) is 0 Å². The molecular formula is C14H12BrN5O. The lowest BCUT2D eigenvalue weighted by atomic mass is 10.2. The van der Waals surface area contributed by atoms with Crippen molar-refractivity contribution in [1.29, 1.82) is 0 Å². The van der Waals surface area contributed by atoms with E-state index in [-0.39, 0.29) is 0 Å². The number of aromatic nitrogens is 4. The molecule has 0 spiro atoms. The van der Waals surface area contributed by atoms with Crippen LogP contribution in [0.25, 0.3) is 17.1 Å². The van der Waals surface area contributed by atoms with Gasteiger partial charge in [-0.25, -0.2) is 0 Å². The molecule has 0 aliphatic rings. The number of anilines is 1. The lowest BCUT2D eigenvalue weighted by Crippen LogP contribution is -2.01. The maximum atomic E-state index is 5.81. The normalized spacial score (nSPS) is 10.6. The fourth-order valence-electron chi connectivity index (χ4n) is 2.00. The number of tetrazole rings is 1. The molecule has 0 radical (unpaired) electrons. The zero-order valence-electron chi connectivity index (χ0n) is 11.2. The zero-order valence-corrected chi connectivity index (χ0v) is 12.8. The maximum Gasteiger partial charge on any atom is 0.187 e. The molecule has 0 atom stereocenters. The molecule has 0 aliphatic carbocycles. The topological polar surface area (TPSA) is 78.8 Å². The number of nitrogens with zero attached hydrogens (tertiary/aromatic N) is 4. The number of nitrogens with two attached hydrogens (primary N) is 1. The Morgan fingerprint density at radius 2 is 2.05 bits per heavy atom. The Hall–Kier alpha value is -2.41. The van der Waals surface area contributed by atoms with Gasteiger partial charge in [0.25, 0.3) is 0 Å². The molecule has 0 bridgehead atoms. The van der Waals surface area contributed by atoms with Crippen LogP contribution in [0, 0.1) is 0 Å². The number of halogens is 1. The molecule has 1 heterocycles. The smallest absolute Gasteiger partial charge is 0.187 e. The highest BCUT2D eigenvalue weighted by Crippen LogP contribution is 2.28. The van der Waals surface area contributed by atoms with E-state index in [1.807, 2.05) is 42.5 Å². The van der Waals surface area contributed by atoms with Crippen LogP contribution in [0.1, 0.15) is 0 Å². The molecule has 0 amide bonds. The van der Waals surface area contributed by atoms with Crippen LogP contribution in [0.4, 0.5) is 5.69 Å². The van der Waals surface area contributed by atoms with Gasteiger partial charge in [-0.2, -0.15) is 4.68 Å². The molecule has 0 saturated carbocycles. The van der Waals surface area contributed by atoms with Gasteiger partial charge in [0.1, 0.15) is 5.75 Å². The summed E-state index contributed by atoms with van der Waals surface area (Å²) >= 11 is 3.42. The molecule has 6 nitrogen and oxygen atoms in total. The first kappa shape index (κ1) is 13.6. The number of methoxy groups -OCH3 is 1. The highest BCUT2D eigenvalue weighted by atomic mass is 79.9. The summed E-state index contributed by atoms with van der Waals surface area (Å²) in [6, 6.07) is 13.1. The van der Waals surface area contributed by atoms with Gasteiger partial charge >= 0.3 is 0 Å². The third-order valence-electron chi connectivity index (χ3n) is 2.99. The first-order valence-electron chi connectivity index (χ1n) is 6.17. The Morgan fingerprint density at radius 3 is 2.81 bits per heavy atom. The largest absolute Gasteiger partial charge is 0.495 e. The van der Waals surface area contributed by atoms with Crippen LogP contribution in [0.5, 0.6) is 5.75 Å². The molecule has 1 aromatic heterocycles. The van der Waals surface area contributed by atoms with Crippen molar-refractivity contribution in [3.05, 3.63) is 46.9 Å². The van der Waals surface area contributed by atoms with Gasteiger partial charge in [-0.3, -0.25) is 0 Å². The standard InChI is InChI=1S/C14H12BrN5O/c1-21-13-8-11(5-6-12(13)15)20-14(17-18-19-20)9-3-2-4-10(16)7-9/h2-8H,16H2,1H3. The maximum absolute atomic E-state index is 5.81. The summed E-state index contributed by atoms with van der Waals surface area (Å²) in [6.45, 7) is 0. The van der Waals surface area contributed by atoms with Crippen molar-refractivity contribution in [2.45, 2.75) is 0 Å². The fraction of sp³-hybridized carbons (Fsp3) is 0.0714. The van der Waals surface area contributed by atoms with Crippen molar-refractivity contribution >= 4 is 21.6 Å². The van der Waals surface area contributed by atoms with Gasteiger partial charge in [0.15, 0.2) is 5.82 Å². The highest BCUT2D eigenvalue weighted by molar-refractivity contribution is 9.10. The molecule has 0 unspecified atom stereocenters. The highest BCUT2D eigenvalue weighted by Gasteiger charge is 2.12. The number of ether oxygens (including phenoxy) is 1. The average Bonchev–Trinajstić information content (AvgIpc) is 2.97. The monoisotopic (exact) mass is 345 g/mol. The molecule has 21 heavy (non-hydrogen) atoms. The van der Waals surface area contributed by atoms with Gasteiger partial charge in [-0.05, 0) is 50.6 Å². The van der Waals surface area contributed by atoms with E-state index in [0.29, 0.717) is 17.3 Å². The molecule has 106 valence electrons. The minimum atomic E-state index is 0.617. The lowest BCUT2D eigenvalue weighted by molar-refractivity contribution is 0.412. The zero-order chi connectivity index (χ0) is 14.8. The first-order chi connectivity index (χ1) is 10.2. The first-order valence-corrected chi connectivity index (χ1v) is 6.96. The second-order valence-electron chi connectivity index (χ2n) is 4.36. The lowest BCUT2D eigenvalue weighted by Gasteiger charge is -2.08. The number of hydrogen-bond acceptors (Lipinski definition) is 5. The van der Waals surface area contributed by atoms with Crippen molar-refractivity contribution in [2.75, 3.05) is 12.8 Å². The number of nitrogen functional groups attached to an aromatic ring is 1. The van der Waals surface area contributed by atoms with Gasteiger partial charge in [-0.15, -0.1) is 5.10 Å². The van der Waals surface area contributed by atoms with Crippen LogP contribution >= 0.6 is 15.9 Å². The molecular weight excluding hydrogens is 334 g/mol. The summed E-state index contributed by atoms with van der Waals surface area (Å²) in [7, 11) is 1.61. The summed E-state index contributed by atoms with van der Waals surface area (Å²) in [5.74, 6) is 1.33. The van der Waals surface area contributed by atoms with Crippen molar-refractivity contribution in [2.24, 2.45) is 0 Å². The molecule has 0 fully saturated rings. The summed E-state index contributed by atoms with van der Waals surface area (Å²) in [5.41, 5.74) is 8.13. The fourth-order valence-corrected chi connectivity index (χ4v) is 2.41. The molecule has 3 aromatic rings. The molecule has 0 aliphatic heterocycles. The van der Waals surface area contributed by atoms with Crippen LogP contribution in [0.2, 0.25) is 0 Å². The molecule has 2 aromatic carbocycles. The van der Waals surface area contributed by atoms with Gasteiger partial charge < -0.3 is 10.5 Å². The van der Waals surface area contributed by atoms with Crippen molar-refractivity contribution in [1.82, 2.24) is 20.2 Å². The average molecular weight is 346 g/mol. The van der Waals surface area contributed by atoms with Crippen molar-refractivity contribution in [3.8, 4) is 22.8 Å². The van der Waals surface area contributed by atoms with Gasteiger partial charge in [0.2, 0.25) is 0 Å². The van der Waals surface area contributed by atoms with Crippen LogP contribution in [-0.4, -0.2) is 27.3 Å². The third kappa shape index (κ3) is 2.59. The Bertz CT molecular complexity index is 787. The third-order valence-corrected chi connectivity index (χ3v) is 3.65. The minimum Gasteiger partial charge on any atom is -0.495 e. The predicted octanol–water partition coefficient (Wildman–Crippen LogP) is 2.68. The van der Waals surface area contributed by atoms with Crippen molar-refractivity contribution < 1.29 is 4.74 Å². The number of hydrogen-bond donors (Lipinski definition) is 1. The molecule has 2 N–H and O–H groups in total. The summed E-state index contributed by atoms with van der Waals surface area (Å²) < 4.78 is 7.81. The Kier molecular flexibility index (Phi) is 3.57. The number of rotatable bonds is 3. The van der Waals surface area contributed by atoms with Gasteiger partial charge in [0.05, 0.1) is 17.3 Å². The SMILES string of the molecule is COc1cc(-n2nnnc2-c2cccc(N)c2)ccc1Br. The van der Waals surface area contributed by atoms with E-state index in [1.54, 1.807) is 11.8 Å². The molecule has 0 saturated heterocycles. The minimum absolute atomic E-state index is 0.617. The second-order valence-corrected chi connectivity index (χ2v) is 5.21. The summed E-state index contributed by atoms with van der Waals surface area (Å²) in [4.78, 5) is 0. The summed E-state index contributed by atoms with van der Waals surface area (Å²) in [5, 5.41) is 11.9. The van der Waals surface area contributed by atoms with E-state index in [1.165, 1.54) is 0 Å². The Labute approximate surface area is 129 Å². The van der Waals surface area contributed by atoms with E-state index in [4.69, 9.17) is 10.5 Å². The Morgan fingerprint density at radius 1 is 1.19 bits per heavy atom. The van der Waals surface area contributed by atoms with Crippen LogP contribution < -0.4 is 10.5 Å². The van der Waals surface area contributed by atoms with Crippen molar-refractivity contribution in [3.63, 3.8) is 0 Å². The predicted molar refractivity (Wildman–Crippen MR) is 83.3 cm³/mol. The Balaban J connectivity index is 2.11. The molecule has 3 rings (SSSR count).